The van der Waals surface area contributed by atoms with E-state index in [2.05, 4.69) is 15.0 Å². The van der Waals surface area contributed by atoms with Gasteiger partial charge in [0.05, 0.1) is 0 Å². The molecule has 94 valence electrons. The predicted octanol–water partition coefficient (Wildman–Crippen LogP) is 0.502. The molecule has 0 aliphatic carbocycles. The van der Waals surface area contributed by atoms with Gasteiger partial charge < -0.3 is 15.9 Å². The highest BCUT2D eigenvalue weighted by Gasteiger charge is 2.07. The van der Waals surface area contributed by atoms with Gasteiger partial charge in [0, 0.05) is 17.1 Å². The number of hydrazine groups is 1. The fourth-order valence-corrected chi connectivity index (χ4v) is 1.76. The number of carbonyl (C=O) groups is 1. The Kier molecular flexibility index (Phi) is 3.70. The number of hydrogen-bond donors (Lipinski definition) is 3. The number of nitrogen functional groups attached to an aromatic ring is 1. The second-order valence-corrected chi connectivity index (χ2v) is 4.12. The van der Waals surface area contributed by atoms with E-state index in [0.29, 0.717) is 22.0 Å². The summed E-state index contributed by atoms with van der Waals surface area (Å²) >= 11 is 1.15. The van der Waals surface area contributed by atoms with Gasteiger partial charge in [-0.2, -0.15) is 0 Å². The Balaban J connectivity index is 2.00. The normalized spacial score (nSPS) is 10.1. The lowest BCUT2D eigenvalue weighted by Crippen LogP contribution is -2.10. The molecule has 1 amide bonds. The van der Waals surface area contributed by atoms with Crippen molar-refractivity contribution >= 4 is 22.4 Å². The van der Waals surface area contributed by atoms with Crippen molar-refractivity contribution in [3.63, 3.8) is 0 Å². The van der Waals surface area contributed by atoms with Crippen LogP contribution in [-0.4, -0.2) is 15.5 Å². The molecular formula is C10H11N5O2S. The van der Waals surface area contributed by atoms with E-state index in [9.17, 15) is 4.79 Å². The standard InChI is InChI=1S/C10H11N5O2S/c11-9(16)6-1-3-7(4-2-6)17-5-8-10(13-12)18-15-14-8/h1-4,13H,5,12H2,(H2,11,16). The van der Waals surface area contributed by atoms with E-state index in [0.717, 1.165) is 11.5 Å². The number of nitrogens with zero attached hydrogens (tertiary/aromatic N) is 2. The SMILES string of the molecule is NNc1snnc1COc1ccc(C(N)=O)cc1. The molecule has 1 aromatic heterocycles. The molecule has 0 saturated carbocycles. The lowest BCUT2D eigenvalue weighted by atomic mass is 10.2. The zero-order chi connectivity index (χ0) is 13.0. The van der Waals surface area contributed by atoms with Crippen LogP contribution >= 0.6 is 11.5 Å². The first kappa shape index (κ1) is 12.3. The lowest BCUT2D eigenvalue weighted by Gasteiger charge is -2.05. The van der Waals surface area contributed by atoms with E-state index in [1.807, 2.05) is 0 Å². The molecule has 2 aromatic rings. The zero-order valence-electron chi connectivity index (χ0n) is 9.29. The number of ether oxygens (including phenoxy) is 1. The summed E-state index contributed by atoms with van der Waals surface area (Å²) in [6.07, 6.45) is 0. The summed E-state index contributed by atoms with van der Waals surface area (Å²) in [6, 6.07) is 6.52. The van der Waals surface area contributed by atoms with Crippen LogP contribution < -0.4 is 21.7 Å². The fraction of sp³-hybridized carbons (Fsp3) is 0.100. The molecule has 0 atom stereocenters. The molecule has 5 N–H and O–H groups in total. The Bertz CT molecular complexity index is 539. The van der Waals surface area contributed by atoms with Gasteiger partial charge in [-0.15, -0.1) is 5.10 Å². The highest BCUT2D eigenvalue weighted by Crippen LogP contribution is 2.19. The highest BCUT2D eigenvalue weighted by atomic mass is 32.1. The van der Waals surface area contributed by atoms with Crippen LogP contribution in [0.3, 0.4) is 0 Å². The van der Waals surface area contributed by atoms with Crippen LogP contribution in [0.25, 0.3) is 0 Å². The number of nitrogens with one attached hydrogen (secondary N) is 1. The largest absolute Gasteiger partial charge is 0.487 e. The molecule has 0 aliphatic rings. The van der Waals surface area contributed by atoms with Gasteiger partial charge in [0.25, 0.3) is 0 Å². The van der Waals surface area contributed by atoms with Crippen LogP contribution in [0.2, 0.25) is 0 Å². The monoisotopic (exact) mass is 265 g/mol. The van der Waals surface area contributed by atoms with Crippen LogP contribution in [0, 0.1) is 0 Å². The Morgan fingerprint density at radius 2 is 2.11 bits per heavy atom. The smallest absolute Gasteiger partial charge is 0.248 e. The van der Waals surface area contributed by atoms with E-state index in [-0.39, 0.29) is 6.61 Å². The Hall–Kier alpha value is -2.19. The lowest BCUT2D eigenvalue weighted by molar-refractivity contribution is 0.100. The van der Waals surface area contributed by atoms with Gasteiger partial charge in [-0.25, -0.2) is 5.84 Å². The van der Waals surface area contributed by atoms with E-state index in [1.54, 1.807) is 24.3 Å². The predicted molar refractivity (Wildman–Crippen MR) is 67.0 cm³/mol. The summed E-state index contributed by atoms with van der Waals surface area (Å²) in [6.45, 7) is 0.242. The van der Waals surface area contributed by atoms with E-state index in [4.69, 9.17) is 16.3 Å². The molecule has 0 spiro atoms. The summed E-state index contributed by atoms with van der Waals surface area (Å²) in [5.41, 5.74) is 8.68. The van der Waals surface area contributed by atoms with Crippen LogP contribution in [0.15, 0.2) is 24.3 Å². The number of primary amides is 1. The number of amides is 1. The number of benzene rings is 1. The molecule has 0 unspecified atom stereocenters. The van der Waals surface area contributed by atoms with Crippen LogP contribution in [0.1, 0.15) is 16.1 Å². The number of hydrogen-bond acceptors (Lipinski definition) is 7. The number of carbonyl (C=O) groups excluding carboxylic acids is 1. The van der Waals surface area contributed by atoms with Gasteiger partial charge in [-0.3, -0.25) is 4.79 Å². The Morgan fingerprint density at radius 3 is 2.72 bits per heavy atom. The first-order valence-electron chi connectivity index (χ1n) is 5.01. The van der Waals surface area contributed by atoms with Gasteiger partial charge in [0.1, 0.15) is 18.1 Å². The molecule has 0 fully saturated rings. The Morgan fingerprint density at radius 1 is 1.39 bits per heavy atom. The molecule has 0 bridgehead atoms. The topological polar surface area (TPSA) is 116 Å². The average molecular weight is 265 g/mol. The molecule has 0 aliphatic heterocycles. The van der Waals surface area contributed by atoms with Gasteiger partial charge in [0.2, 0.25) is 5.91 Å². The minimum atomic E-state index is -0.472. The van der Waals surface area contributed by atoms with Crippen LogP contribution in [-0.2, 0) is 6.61 Å². The zero-order valence-corrected chi connectivity index (χ0v) is 10.1. The van der Waals surface area contributed by atoms with Crippen molar-refractivity contribution in [3.05, 3.63) is 35.5 Å². The molecule has 0 radical (unpaired) electrons. The summed E-state index contributed by atoms with van der Waals surface area (Å²) in [5.74, 6) is 5.43. The molecule has 8 heteroatoms. The summed E-state index contributed by atoms with van der Waals surface area (Å²) in [4.78, 5) is 10.9. The van der Waals surface area contributed by atoms with E-state index < -0.39 is 5.91 Å². The maximum Gasteiger partial charge on any atom is 0.248 e. The number of rotatable bonds is 5. The van der Waals surface area contributed by atoms with Crippen molar-refractivity contribution in [2.24, 2.45) is 11.6 Å². The van der Waals surface area contributed by atoms with Gasteiger partial charge >= 0.3 is 0 Å². The third-order valence-electron chi connectivity index (χ3n) is 2.20. The maximum absolute atomic E-state index is 10.9. The molecule has 2 rings (SSSR count). The average Bonchev–Trinajstić information content (AvgIpc) is 2.84. The van der Waals surface area contributed by atoms with Crippen molar-refractivity contribution in [3.8, 4) is 5.75 Å². The molecule has 0 saturated heterocycles. The summed E-state index contributed by atoms with van der Waals surface area (Å²) in [5, 5.41) is 4.53. The molecule has 18 heavy (non-hydrogen) atoms. The number of aromatic nitrogens is 2. The molecule has 1 aromatic carbocycles. The van der Waals surface area contributed by atoms with Gasteiger partial charge in [-0.1, -0.05) is 4.49 Å². The van der Waals surface area contributed by atoms with Crippen LogP contribution in [0.5, 0.6) is 5.75 Å². The minimum absolute atomic E-state index is 0.242. The summed E-state index contributed by atoms with van der Waals surface area (Å²) in [7, 11) is 0. The summed E-state index contributed by atoms with van der Waals surface area (Å²) < 4.78 is 9.23. The van der Waals surface area contributed by atoms with Crippen LogP contribution in [0.4, 0.5) is 5.00 Å². The molecule has 1 heterocycles. The third kappa shape index (κ3) is 2.73. The Labute approximate surface area is 107 Å². The number of anilines is 1. The van der Waals surface area contributed by atoms with Crippen molar-refractivity contribution in [1.29, 1.82) is 0 Å². The van der Waals surface area contributed by atoms with E-state index >= 15 is 0 Å². The van der Waals surface area contributed by atoms with Crippen molar-refractivity contribution in [1.82, 2.24) is 9.59 Å². The van der Waals surface area contributed by atoms with Gasteiger partial charge in [-0.05, 0) is 24.3 Å². The van der Waals surface area contributed by atoms with Crippen molar-refractivity contribution in [2.45, 2.75) is 6.61 Å². The number of nitrogens with two attached hydrogens (primary N) is 2. The second kappa shape index (κ2) is 5.43. The third-order valence-corrected chi connectivity index (χ3v) is 2.90. The first-order valence-corrected chi connectivity index (χ1v) is 5.78. The van der Waals surface area contributed by atoms with Crippen molar-refractivity contribution < 1.29 is 9.53 Å². The quantitative estimate of drug-likeness (QED) is 0.535. The van der Waals surface area contributed by atoms with Crippen molar-refractivity contribution in [2.75, 3.05) is 5.43 Å². The van der Waals surface area contributed by atoms with Gasteiger partial charge in [0.15, 0.2) is 5.00 Å². The molecular weight excluding hydrogens is 254 g/mol. The fourth-order valence-electron chi connectivity index (χ4n) is 1.28. The maximum atomic E-state index is 10.9. The first-order chi connectivity index (χ1) is 8.70. The second-order valence-electron chi connectivity index (χ2n) is 3.37. The highest BCUT2D eigenvalue weighted by molar-refractivity contribution is 7.10. The minimum Gasteiger partial charge on any atom is -0.487 e. The molecule has 7 nitrogen and oxygen atoms in total. The van der Waals surface area contributed by atoms with E-state index in [1.165, 1.54) is 0 Å².